The van der Waals surface area contributed by atoms with Crippen molar-refractivity contribution >= 4 is 71.3 Å². The normalized spacial score (nSPS) is 11.4. The van der Waals surface area contributed by atoms with Crippen LogP contribution in [0.3, 0.4) is 0 Å². The summed E-state index contributed by atoms with van der Waals surface area (Å²) in [6.45, 7) is 0. The van der Waals surface area contributed by atoms with Gasteiger partial charge in [0.25, 0.3) is 0 Å². The van der Waals surface area contributed by atoms with Crippen LogP contribution in [0.4, 0.5) is 0 Å². The third-order valence-electron chi connectivity index (χ3n) is 4.69. The van der Waals surface area contributed by atoms with Crippen LogP contribution in [0.2, 0.25) is 0 Å². The summed E-state index contributed by atoms with van der Waals surface area (Å²) < 4.78 is 9.60. The fourth-order valence-corrected chi connectivity index (χ4v) is 8.27. The molecular weight excluding hydrogens is 499 g/mol. The maximum atomic E-state index is 4.80. The summed E-state index contributed by atoms with van der Waals surface area (Å²) in [7, 11) is 0. The third-order valence-corrected chi connectivity index (χ3v) is 10.2. The Morgan fingerprint density at radius 2 is 1.00 bits per heavy atom. The second kappa shape index (κ2) is 7.43. The number of aromatic nitrogens is 2. The van der Waals surface area contributed by atoms with Crippen molar-refractivity contribution in [3.05, 3.63) is 71.4 Å². The predicted octanol–water partition coefficient (Wildman–Crippen LogP) is 7.60. The van der Waals surface area contributed by atoms with Gasteiger partial charge in [-0.3, -0.25) is 0 Å². The molecule has 0 spiro atoms. The molecule has 5 aromatic heterocycles. The van der Waals surface area contributed by atoms with E-state index in [2.05, 4.69) is 71.4 Å². The Morgan fingerprint density at radius 1 is 0.517 bits per heavy atom. The van der Waals surface area contributed by atoms with Gasteiger partial charge in [0.2, 0.25) is 0 Å². The second-order valence-electron chi connectivity index (χ2n) is 6.40. The molecule has 0 saturated heterocycles. The van der Waals surface area contributed by atoms with Crippen molar-refractivity contribution < 1.29 is 0 Å². The molecule has 0 bridgehead atoms. The summed E-state index contributed by atoms with van der Waals surface area (Å²) in [5.74, 6) is 0. The average molecular weight is 512 g/mol. The van der Waals surface area contributed by atoms with E-state index < -0.39 is 0 Å². The predicted molar refractivity (Wildman–Crippen MR) is 130 cm³/mol. The van der Waals surface area contributed by atoms with Gasteiger partial charge in [0.15, 0.2) is 0 Å². The molecule has 7 heteroatoms. The molecule has 29 heavy (non-hydrogen) atoms. The van der Waals surface area contributed by atoms with E-state index in [0.29, 0.717) is 0 Å². The van der Waals surface area contributed by atoms with Gasteiger partial charge in [0.05, 0.1) is 0 Å². The molecule has 0 aliphatic carbocycles. The monoisotopic (exact) mass is 512 g/mol. The molecule has 6 rings (SSSR count). The van der Waals surface area contributed by atoms with Crippen molar-refractivity contribution in [3.63, 3.8) is 0 Å². The van der Waals surface area contributed by atoms with Crippen LogP contribution in [0.25, 0.3) is 51.4 Å². The van der Waals surface area contributed by atoms with Crippen molar-refractivity contribution in [2.24, 2.45) is 0 Å². The van der Waals surface area contributed by atoms with Crippen molar-refractivity contribution in [2.75, 3.05) is 0 Å². The number of thiophene rings is 4. The Hall–Kier alpha value is -1.86. The fourth-order valence-electron chi connectivity index (χ4n) is 3.33. The van der Waals surface area contributed by atoms with Gasteiger partial charge in [-0.25, -0.2) is 0 Å². The Labute approximate surface area is 190 Å². The van der Waals surface area contributed by atoms with Crippen LogP contribution in [0.1, 0.15) is 0 Å². The SMILES string of the molecule is c1csc(-c2ccc(-c3ccc(-c4ccc(-c5cccs5)s4)c4n[se]nc34)s2)c1. The minimum atomic E-state index is -0.0606. The molecule has 0 N–H and O–H groups in total. The number of benzene rings is 1. The van der Waals surface area contributed by atoms with Crippen LogP contribution in [-0.4, -0.2) is 22.9 Å². The molecule has 5 heterocycles. The van der Waals surface area contributed by atoms with Gasteiger partial charge in [-0.2, -0.15) is 0 Å². The van der Waals surface area contributed by atoms with E-state index in [9.17, 15) is 0 Å². The molecular formula is C22H12N2S4Se. The first kappa shape index (κ1) is 18.0. The molecule has 0 atom stereocenters. The topological polar surface area (TPSA) is 25.8 Å². The summed E-state index contributed by atoms with van der Waals surface area (Å²) in [6, 6.07) is 21.9. The number of hydrogen-bond donors (Lipinski definition) is 0. The van der Waals surface area contributed by atoms with E-state index >= 15 is 0 Å². The van der Waals surface area contributed by atoms with Crippen LogP contribution in [0.15, 0.2) is 71.4 Å². The van der Waals surface area contributed by atoms with Crippen LogP contribution >= 0.6 is 45.3 Å². The minimum absolute atomic E-state index is 0.0606. The van der Waals surface area contributed by atoms with E-state index in [0.717, 1.165) is 11.0 Å². The van der Waals surface area contributed by atoms with Gasteiger partial charge in [0, 0.05) is 0 Å². The first-order chi connectivity index (χ1) is 14.4. The van der Waals surface area contributed by atoms with Gasteiger partial charge in [-0.1, -0.05) is 0 Å². The summed E-state index contributed by atoms with van der Waals surface area (Å²) in [5.41, 5.74) is 4.53. The van der Waals surface area contributed by atoms with Gasteiger partial charge in [0.1, 0.15) is 0 Å². The zero-order valence-electron chi connectivity index (χ0n) is 14.9. The zero-order valence-corrected chi connectivity index (χ0v) is 19.8. The summed E-state index contributed by atoms with van der Waals surface area (Å²) in [4.78, 5) is 7.79. The van der Waals surface area contributed by atoms with Crippen LogP contribution in [0.5, 0.6) is 0 Å². The first-order valence-corrected chi connectivity index (χ1v) is 13.8. The van der Waals surface area contributed by atoms with E-state index in [1.165, 1.54) is 40.4 Å². The van der Waals surface area contributed by atoms with Gasteiger partial charge < -0.3 is 0 Å². The van der Waals surface area contributed by atoms with E-state index in [1.54, 1.807) is 22.7 Å². The maximum absolute atomic E-state index is 4.80. The Morgan fingerprint density at radius 3 is 1.45 bits per heavy atom. The van der Waals surface area contributed by atoms with Crippen molar-refractivity contribution in [1.29, 1.82) is 0 Å². The molecule has 0 unspecified atom stereocenters. The molecule has 0 aliphatic heterocycles. The Kier molecular flexibility index (Phi) is 4.60. The molecule has 0 amide bonds. The van der Waals surface area contributed by atoms with Crippen molar-refractivity contribution in [1.82, 2.24) is 7.96 Å². The summed E-state index contributed by atoms with van der Waals surface area (Å²) >= 11 is 7.18. The molecule has 0 saturated carbocycles. The quantitative estimate of drug-likeness (QED) is 0.228. The van der Waals surface area contributed by atoms with Crippen LogP contribution in [0, 0.1) is 0 Å². The van der Waals surface area contributed by atoms with E-state index in [1.807, 2.05) is 22.7 Å². The number of nitrogens with zero attached hydrogens (tertiary/aromatic N) is 2. The second-order valence-corrected chi connectivity index (χ2v) is 11.6. The van der Waals surface area contributed by atoms with Crippen molar-refractivity contribution in [2.45, 2.75) is 0 Å². The summed E-state index contributed by atoms with van der Waals surface area (Å²) in [5, 5.41) is 4.26. The molecule has 6 aromatic rings. The standard InChI is InChI=1S/C22H12N2S4Se/c1-3-17(25-11-1)19-9-7-15(27-19)13-5-6-14(22-21(13)23-29-24-22)16-8-10-20(28-16)18-4-2-12-26-18/h1-12H. The molecule has 140 valence electrons. The fraction of sp³-hybridized carbons (Fsp3) is 0. The van der Waals surface area contributed by atoms with Crippen LogP contribution < -0.4 is 0 Å². The molecule has 0 aliphatic rings. The Bertz CT molecular complexity index is 1300. The average Bonchev–Trinajstić information content (AvgIpc) is 3.55. The molecule has 0 fully saturated rings. The van der Waals surface area contributed by atoms with Gasteiger partial charge in [-0.05, 0) is 0 Å². The summed E-state index contributed by atoms with van der Waals surface area (Å²) in [6.07, 6.45) is 0. The Balaban J connectivity index is 1.44. The van der Waals surface area contributed by atoms with E-state index in [4.69, 9.17) is 7.96 Å². The third kappa shape index (κ3) is 3.19. The molecule has 1 aromatic carbocycles. The van der Waals surface area contributed by atoms with E-state index in [-0.39, 0.29) is 15.0 Å². The first-order valence-electron chi connectivity index (χ1n) is 8.90. The van der Waals surface area contributed by atoms with Crippen LogP contribution in [-0.2, 0) is 0 Å². The molecule has 0 radical (unpaired) electrons. The number of fused-ring (bicyclic) bond motifs is 1. The zero-order chi connectivity index (χ0) is 19.2. The van der Waals surface area contributed by atoms with Gasteiger partial charge in [-0.15, -0.1) is 0 Å². The number of hydrogen-bond acceptors (Lipinski definition) is 6. The number of rotatable bonds is 4. The van der Waals surface area contributed by atoms with Gasteiger partial charge >= 0.3 is 191 Å². The molecule has 2 nitrogen and oxygen atoms in total. The van der Waals surface area contributed by atoms with Crippen molar-refractivity contribution in [3.8, 4) is 40.4 Å².